The highest BCUT2D eigenvalue weighted by Gasteiger charge is 2.14. The van der Waals surface area contributed by atoms with Crippen LogP contribution >= 0.6 is 0 Å². The lowest BCUT2D eigenvalue weighted by Crippen LogP contribution is -2.31. The van der Waals surface area contributed by atoms with Gasteiger partial charge in [-0.2, -0.15) is 0 Å². The molecule has 4 N–H and O–H groups in total. The van der Waals surface area contributed by atoms with Crippen molar-refractivity contribution in [2.24, 2.45) is 0 Å². The van der Waals surface area contributed by atoms with Gasteiger partial charge >= 0.3 is 5.69 Å². The van der Waals surface area contributed by atoms with Crippen LogP contribution in [-0.2, 0) is 0 Å². The van der Waals surface area contributed by atoms with E-state index in [1.807, 2.05) is 42.2 Å². The van der Waals surface area contributed by atoms with Crippen LogP contribution in [0.5, 0.6) is 0 Å². The van der Waals surface area contributed by atoms with Crippen molar-refractivity contribution in [3.05, 3.63) is 51.2 Å². The third-order valence-electron chi connectivity index (χ3n) is 2.74. The van der Waals surface area contributed by atoms with Gasteiger partial charge in [-0.25, -0.2) is 4.79 Å². The molecule has 100 valence electrons. The summed E-state index contributed by atoms with van der Waals surface area (Å²) in [4.78, 5) is 29.5. The van der Waals surface area contributed by atoms with Crippen molar-refractivity contribution in [2.45, 2.75) is 13.3 Å². The molecule has 6 nitrogen and oxygen atoms in total. The molecule has 19 heavy (non-hydrogen) atoms. The summed E-state index contributed by atoms with van der Waals surface area (Å²) in [5.74, 6) is 0.335. The number of aromatic amines is 2. The number of anilines is 3. The lowest BCUT2D eigenvalue weighted by atomic mass is 10.2. The van der Waals surface area contributed by atoms with Gasteiger partial charge in [-0.05, 0) is 18.6 Å². The second-order valence-electron chi connectivity index (χ2n) is 4.16. The Morgan fingerprint density at radius 2 is 1.84 bits per heavy atom. The van der Waals surface area contributed by atoms with Gasteiger partial charge in [0.05, 0.1) is 0 Å². The van der Waals surface area contributed by atoms with Gasteiger partial charge in [0.15, 0.2) is 0 Å². The van der Waals surface area contributed by atoms with Crippen molar-refractivity contribution < 1.29 is 0 Å². The van der Waals surface area contributed by atoms with Gasteiger partial charge in [0, 0.05) is 12.2 Å². The number of nitrogens with one attached hydrogen (secondary N) is 2. The van der Waals surface area contributed by atoms with Gasteiger partial charge in [0.2, 0.25) is 0 Å². The first kappa shape index (κ1) is 12.9. The van der Waals surface area contributed by atoms with E-state index in [4.69, 9.17) is 5.73 Å². The Balaban J connectivity index is 2.57. The van der Waals surface area contributed by atoms with E-state index in [9.17, 15) is 9.59 Å². The summed E-state index contributed by atoms with van der Waals surface area (Å²) in [5, 5.41) is 0. The van der Waals surface area contributed by atoms with E-state index < -0.39 is 11.2 Å². The van der Waals surface area contributed by atoms with Crippen LogP contribution in [0.3, 0.4) is 0 Å². The van der Waals surface area contributed by atoms with Crippen molar-refractivity contribution >= 4 is 17.2 Å². The molecule has 0 atom stereocenters. The molecular weight excluding hydrogens is 244 g/mol. The van der Waals surface area contributed by atoms with Gasteiger partial charge in [-0.1, -0.05) is 25.1 Å². The highest BCUT2D eigenvalue weighted by Crippen LogP contribution is 2.25. The number of nitrogens with zero attached hydrogens (tertiary/aromatic N) is 1. The summed E-state index contributed by atoms with van der Waals surface area (Å²) in [6.45, 7) is 2.66. The number of benzene rings is 1. The Bertz CT molecular complexity index is 660. The minimum Gasteiger partial charge on any atom is -0.391 e. The summed E-state index contributed by atoms with van der Waals surface area (Å²) in [6.07, 6.45) is 0.850. The molecule has 0 bridgehead atoms. The maximum atomic E-state index is 11.6. The SMILES string of the molecule is CCCN(c1ccccc1)c1[nH]c(=O)[nH]c(=O)c1N. The molecule has 0 radical (unpaired) electrons. The summed E-state index contributed by atoms with van der Waals surface area (Å²) < 4.78 is 0. The van der Waals surface area contributed by atoms with Crippen LogP contribution in [0.2, 0.25) is 0 Å². The molecule has 1 aromatic heterocycles. The van der Waals surface area contributed by atoms with Crippen molar-refractivity contribution in [3.63, 3.8) is 0 Å². The zero-order valence-electron chi connectivity index (χ0n) is 10.6. The maximum absolute atomic E-state index is 11.6. The van der Waals surface area contributed by atoms with Gasteiger partial charge in [0.1, 0.15) is 11.5 Å². The van der Waals surface area contributed by atoms with Crippen molar-refractivity contribution in [1.82, 2.24) is 9.97 Å². The minimum absolute atomic E-state index is 0.0110. The topological polar surface area (TPSA) is 95.0 Å². The van der Waals surface area contributed by atoms with Crippen molar-refractivity contribution in [1.29, 1.82) is 0 Å². The molecule has 0 aliphatic rings. The largest absolute Gasteiger partial charge is 0.391 e. The molecule has 0 saturated carbocycles. The number of H-pyrrole nitrogens is 2. The molecule has 0 aliphatic heterocycles. The lowest BCUT2D eigenvalue weighted by Gasteiger charge is -2.24. The van der Waals surface area contributed by atoms with Gasteiger partial charge in [-0.3, -0.25) is 14.8 Å². The van der Waals surface area contributed by atoms with E-state index in [1.165, 1.54) is 0 Å². The quantitative estimate of drug-likeness (QED) is 0.769. The average molecular weight is 260 g/mol. The smallest absolute Gasteiger partial charge is 0.327 e. The molecule has 0 fully saturated rings. The molecule has 0 amide bonds. The summed E-state index contributed by atoms with van der Waals surface area (Å²) in [7, 11) is 0. The van der Waals surface area contributed by atoms with Crippen LogP contribution in [0, 0.1) is 0 Å². The van der Waals surface area contributed by atoms with Crippen LogP contribution < -0.4 is 21.9 Å². The fourth-order valence-corrected chi connectivity index (χ4v) is 1.90. The molecule has 1 heterocycles. The number of rotatable bonds is 4. The second kappa shape index (κ2) is 5.43. The number of nitrogens with two attached hydrogens (primary N) is 1. The van der Waals surface area contributed by atoms with Gasteiger partial charge < -0.3 is 10.6 Å². The lowest BCUT2D eigenvalue weighted by molar-refractivity contribution is 0.860. The van der Waals surface area contributed by atoms with Crippen LogP contribution in [-0.4, -0.2) is 16.5 Å². The number of aromatic nitrogens is 2. The average Bonchev–Trinajstić information content (AvgIpc) is 2.41. The minimum atomic E-state index is -0.573. The molecule has 2 rings (SSSR count). The Morgan fingerprint density at radius 3 is 2.47 bits per heavy atom. The van der Waals surface area contributed by atoms with E-state index >= 15 is 0 Å². The van der Waals surface area contributed by atoms with Crippen molar-refractivity contribution in [2.75, 3.05) is 17.2 Å². The Kier molecular flexibility index (Phi) is 3.70. The first-order valence-electron chi connectivity index (χ1n) is 6.08. The predicted molar refractivity (Wildman–Crippen MR) is 75.8 cm³/mol. The van der Waals surface area contributed by atoms with Crippen LogP contribution in [0.25, 0.3) is 0 Å². The maximum Gasteiger partial charge on any atom is 0.327 e. The highest BCUT2D eigenvalue weighted by atomic mass is 16.2. The Labute approximate surface area is 109 Å². The first-order valence-corrected chi connectivity index (χ1v) is 6.08. The van der Waals surface area contributed by atoms with E-state index in [2.05, 4.69) is 9.97 Å². The van der Waals surface area contributed by atoms with E-state index in [1.54, 1.807) is 0 Å². The van der Waals surface area contributed by atoms with Gasteiger partial charge in [0.25, 0.3) is 5.56 Å². The summed E-state index contributed by atoms with van der Waals surface area (Å²) in [5.41, 5.74) is 5.51. The van der Waals surface area contributed by atoms with Gasteiger partial charge in [-0.15, -0.1) is 0 Å². The number of para-hydroxylation sites is 1. The normalized spacial score (nSPS) is 10.4. The van der Waals surface area contributed by atoms with Crippen LogP contribution in [0.4, 0.5) is 17.2 Å². The molecule has 1 aromatic carbocycles. The molecule has 6 heteroatoms. The number of nitrogen functional groups attached to an aromatic ring is 1. The molecule has 0 saturated heterocycles. The summed E-state index contributed by atoms with van der Waals surface area (Å²) in [6, 6.07) is 9.47. The second-order valence-corrected chi connectivity index (χ2v) is 4.16. The molecule has 0 unspecified atom stereocenters. The molecule has 0 aliphatic carbocycles. The summed E-state index contributed by atoms with van der Waals surface area (Å²) >= 11 is 0. The Hall–Kier alpha value is -2.50. The van der Waals surface area contributed by atoms with E-state index in [-0.39, 0.29) is 5.69 Å². The monoisotopic (exact) mass is 260 g/mol. The van der Waals surface area contributed by atoms with Crippen molar-refractivity contribution in [3.8, 4) is 0 Å². The molecule has 2 aromatic rings. The number of hydrogen-bond donors (Lipinski definition) is 3. The number of hydrogen-bond acceptors (Lipinski definition) is 4. The third kappa shape index (κ3) is 2.67. The Morgan fingerprint density at radius 1 is 1.16 bits per heavy atom. The first-order chi connectivity index (χ1) is 9.13. The molecular formula is C13H16N4O2. The third-order valence-corrected chi connectivity index (χ3v) is 2.74. The van der Waals surface area contributed by atoms with Crippen LogP contribution in [0.1, 0.15) is 13.3 Å². The van der Waals surface area contributed by atoms with Crippen LogP contribution in [0.15, 0.2) is 39.9 Å². The fourth-order valence-electron chi connectivity index (χ4n) is 1.90. The zero-order valence-corrected chi connectivity index (χ0v) is 10.6. The zero-order chi connectivity index (χ0) is 13.8. The predicted octanol–water partition coefficient (Wildman–Crippen LogP) is 1.19. The van der Waals surface area contributed by atoms with E-state index in [0.29, 0.717) is 12.4 Å². The standard InChI is InChI=1S/C13H16N4O2/c1-2-8-17(9-6-4-3-5-7-9)11-10(14)12(18)16-13(19)15-11/h3-7H,2,8,14H2,1H3,(H2,15,16,18,19). The highest BCUT2D eigenvalue weighted by molar-refractivity contribution is 5.69. The molecule has 0 spiro atoms. The van der Waals surface area contributed by atoms with E-state index in [0.717, 1.165) is 12.1 Å². The fraction of sp³-hybridized carbons (Fsp3) is 0.231.